The van der Waals surface area contributed by atoms with Crippen molar-refractivity contribution in [1.29, 1.82) is 0 Å². The summed E-state index contributed by atoms with van der Waals surface area (Å²) in [6, 6.07) is 10.6. The van der Waals surface area contributed by atoms with Gasteiger partial charge in [-0.3, -0.25) is 4.79 Å². The first-order chi connectivity index (χ1) is 16.3. The predicted molar refractivity (Wildman–Crippen MR) is 129 cm³/mol. The zero-order valence-corrected chi connectivity index (χ0v) is 20.6. The second-order valence-corrected chi connectivity index (χ2v) is 10.0. The smallest absolute Gasteiger partial charge is 0.338 e. The molecule has 1 saturated heterocycles. The maximum absolute atomic E-state index is 13.1. The standard InChI is InChI=1S/C24H31N3O6S/c1-4-5-16-33-24(29)18-6-8-19(9-7-18)25-23(28)21-17-20(10-11-22(21)32-3)34(30,31)27-14-12-26(2)13-15-27/h6-11,17H,4-5,12-16H2,1-3H3,(H,25,28). The van der Waals surface area contributed by atoms with Crippen LogP contribution in [0.4, 0.5) is 5.69 Å². The normalized spacial score (nSPS) is 15.0. The Bertz CT molecular complexity index is 1110. The summed E-state index contributed by atoms with van der Waals surface area (Å²) in [4.78, 5) is 27.1. The number of sulfonamides is 1. The summed E-state index contributed by atoms with van der Waals surface area (Å²) in [5.74, 6) is -0.689. The van der Waals surface area contributed by atoms with E-state index in [2.05, 4.69) is 10.2 Å². The fourth-order valence-corrected chi connectivity index (χ4v) is 4.93. The van der Waals surface area contributed by atoms with Crippen LogP contribution in [0.2, 0.25) is 0 Å². The average molecular weight is 490 g/mol. The van der Waals surface area contributed by atoms with Crippen molar-refractivity contribution >= 4 is 27.6 Å². The third-order valence-electron chi connectivity index (χ3n) is 5.63. The second kappa shape index (κ2) is 11.5. The molecule has 0 saturated carbocycles. The van der Waals surface area contributed by atoms with Gasteiger partial charge in [0.15, 0.2) is 0 Å². The van der Waals surface area contributed by atoms with E-state index in [1.165, 1.54) is 29.6 Å². The number of ether oxygens (including phenoxy) is 2. The van der Waals surface area contributed by atoms with Crippen LogP contribution in [0, 0.1) is 0 Å². The molecule has 1 aliphatic rings. The largest absolute Gasteiger partial charge is 0.496 e. The molecule has 2 aromatic rings. The summed E-state index contributed by atoms with van der Waals surface area (Å²) in [6.45, 7) is 4.44. The lowest BCUT2D eigenvalue weighted by Crippen LogP contribution is -2.47. The molecule has 0 bridgehead atoms. The van der Waals surface area contributed by atoms with Crippen LogP contribution >= 0.6 is 0 Å². The molecule has 0 aromatic heterocycles. The van der Waals surface area contributed by atoms with E-state index >= 15 is 0 Å². The fourth-order valence-electron chi connectivity index (χ4n) is 3.48. The van der Waals surface area contributed by atoms with Crippen LogP contribution in [0.25, 0.3) is 0 Å². The SMILES string of the molecule is CCCCOC(=O)c1ccc(NC(=O)c2cc(S(=O)(=O)N3CCN(C)CC3)ccc2OC)cc1. The quantitative estimate of drug-likeness (QED) is 0.427. The Balaban J connectivity index is 1.76. The molecular formula is C24H31N3O6S. The number of hydrogen-bond acceptors (Lipinski definition) is 7. The van der Waals surface area contributed by atoms with Crippen molar-refractivity contribution in [1.82, 2.24) is 9.21 Å². The van der Waals surface area contributed by atoms with Gasteiger partial charge < -0.3 is 19.7 Å². The molecule has 1 heterocycles. The minimum Gasteiger partial charge on any atom is -0.496 e. The van der Waals surface area contributed by atoms with Crippen molar-refractivity contribution in [2.24, 2.45) is 0 Å². The zero-order valence-electron chi connectivity index (χ0n) is 19.7. The number of anilines is 1. The minimum atomic E-state index is -3.74. The Labute approximate surface area is 200 Å². The molecule has 184 valence electrons. The molecule has 10 heteroatoms. The number of esters is 1. The number of benzene rings is 2. The van der Waals surface area contributed by atoms with Gasteiger partial charge in [0, 0.05) is 31.9 Å². The molecule has 1 amide bonds. The molecule has 0 radical (unpaired) electrons. The molecule has 0 unspecified atom stereocenters. The molecule has 1 N–H and O–H groups in total. The van der Waals surface area contributed by atoms with Gasteiger partial charge in [0.1, 0.15) is 5.75 Å². The number of rotatable bonds is 9. The van der Waals surface area contributed by atoms with Crippen molar-refractivity contribution in [3.8, 4) is 5.75 Å². The number of methoxy groups -OCH3 is 1. The number of unbranched alkanes of at least 4 members (excludes halogenated alkanes) is 1. The Morgan fingerprint density at radius 2 is 1.71 bits per heavy atom. The van der Waals surface area contributed by atoms with E-state index in [1.807, 2.05) is 14.0 Å². The highest BCUT2D eigenvalue weighted by molar-refractivity contribution is 7.89. The maximum Gasteiger partial charge on any atom is 0.338 e. The Morgan fingerprint density at radius 3 is 2.32 bits per heavy atom. The Morgan fingerprint density at radius 1 is 1.03 bits per heavy atom. The number of carbonyl (C=O) groups excluding carboxylic acids is 2. The van der Waals surface area contributed by atoms with Gasteiger partial charge in [-0.15, -0.1) is 0 Å². The summed E-state index contributed by atoms with van der Waals surface area (Å²) in [6.07, 6.45) is 1.73. The topological polar surface area (TPSA) is 105 Å². The number of likely N-dealkylation sites (N-methyl/N-ethyl adjacent to an activating group) is 1. The molecule has 34 heavy (non-hydrogen) atoms. The molecule has 0 atom stereocenters. The van der Waals surface area contributed by atoms with E-state index in [4.69, 9.17) is 9.47 Å². The lowest BCUT2D eigenvalue weighted by molar-refractivity contribution is 0.0499. The van der Waals surface area contributed by atoms with E-state index in [-0.39, 0.29) is 16.2 Å². The van der Waals surface area contributed by atoms with Crippen LogP contribution in [0.1, 0.15) is 40.5 Å². The van der Waals surface area contributed by atoms with Crippen molar-refractivity contribution in [2.45, 2.75) is 24.7 Å². The van der Waals surface area contributed by atoms with Gasteiger partial charge in [-0.1, -0.05) is 13.3 Å². The number of carbonyl (C=O) groups is 2. The lowest BCUT2D eigenvalue weighted by atomic mass is 10.1. The fraction of sp³-hybridized carbons (Fsp3) is 0.417. The highest BCUT2D eigenvalue weighted by Crippen LogP contribution is 2.26. The van der Waals surface area contributed by atoms with Crippen molar-refractivity contribution in [3.63, 3.8) is 0 Å². The highest BCUT2D eigenvalue weighted by Gasteiger charge is 2.29. The first-order valence-corrected chi connectivity index (χ1v) is 12.7. The molecule has 9 nitrogen and oxygen atoms in total. The van der Waals surface area contributed by atoms with Crippen molar-refractivity contribution < 1.29 is 27.5 Å². The van der Waals surface area contributed by atoms with Crippen LogP contribution in [0.15, 0.2) is 47.4 Å². The van der Waals surface area contributed by atoms with Crippen LogP contribution in [0.5, 0.6) is 5.75 Å². The lowest BCUT2D eigenvalue weighted by Gasteiger charge is -2.31. The number of amides is 1. The first kappa shape index (κ1) is 25.7. The first-order valence-electron chi connectivity index (χ1n) is 11.2. The number of piperazine rings is 1. The van der Waals surface area contributed by atoms with Crippen LogP contribution < -0.4 is 10.1 Å². The third kappa shape index (κ3) is 6.13. The maximum atomic E-state index is 13.1. The summed E-state index contributed by atoms with van der Waals surface area (Å²) in [5, 5.41) is 2.73. The van der Waals surface area contributed by atoms with Crippen LogP contribution in [0.3, 0.4) is 0 Å². The number of nitrogens with zero attached hydrogens (tertiary/aromatic N) is 2. The molecule has 1 fully saturated rings. The van der Waals surface area contributed by atoms with Crippen molar-refractivity contribution in [2.75, 3.05) is 52.3 Å². The van der Waals surface area contributed by atoms with Gasteiger partial charge in [0.2, 0.25) is 10.0 Å². The monoisotopic (exact) mass is 489 g/mol. The van der Waals surface area contributed by atoms with Gasteiger partial charge in [-0.25, -0.2) is 13.2 Å². The van der Waals surface area contributed by atoms with E-state index in [1.54, 1.807) is 24.3 Å². The zero-order chi connectivity index (χ0) is 24.7. The van der Waals surface area contributed by atoms with Gasteiger partial charge in [0.25, 0.3) is 5.91 Å². The number of hydrogen-bond donors (Lipinski definition) is 1. The average Bonchev–Trinajstić information content (AvgIpc) is 2.84. The molecule has 3 rings (SSSR count). The summed E-state index contributed by atoms with van der Waals surface area (Å²) < 4.78 is 38.1. The Kier molecular flexibility index (Phi) is 8.65. The minimum absolute atomic E-state index is 0.0353. The number of nitrogens with one attached hydrogen (secondary N) is 1. The van der Waals surface area contributed by atoms with E-state index in [0.717, 1.165) is 12.8 Å². The van der Waals surface area contributed by atoms with E-state index in [0.29, 0.717) is 44.0 Å². The van der Waals surface area contributed by atoms with Gasteiger partial charge >= 0.3 is 5.97 Å². The third-order valence-corrected chi connectivity index (χ3v) is 7.52. The van der Waals surface area contributed by atoms with Gasteiger partial charge in [-0.2, -0.15) is 4.31 Å². The predicted octanol–water partition coefficient (Wildman–Crippen LogP) is 2.84. The molecule has 0 aliphatic carbocycles. The molecular weight excluding hydrogens is 458 g/mol. The summed E-state index contributed by atoms with van der Waals surface area (Å²) >= 11 is 0. The second-order valence-electron chi connectivity index (χ2n) is 8.09. The van der Waals surface area contributed by atoms with Crippen molar-refractivity contribution in [3.05, 3.63) is 53.6 Å². The Hall–Kier alpha value is -2.95. The molecule has 0 spiro atoms. The van der Waals surface area contributed by atoms with E-state index < -0.39 is 21.9 Å². The van der Waals surface area contributed by atoms with E-state index in [9.17, 15) is 18.0 Å². The highest BCUT2D eigenvalue weighted by atomic mass is 32.2. The van der Waals surface area contributed by atoms with Crippen LogP contribution in [-0.2, 0) is 14.8 Å². The molecule has 1 aliphatic heterocycles. The van der Waals surface area contributed by atoms with Gasteiger partial charge in [0.05, 0.1) is 29.7 Å². The van der Waals surface area contributed by atoms with Gasteiger partial charge in [-0.05, 0) is 55.9 Å². The van der Waals surface area contributed by atoms with Crippen LogP contribution in [-0.4, -0.2) is 76.4 Å². The summed E-state index contributed by atoms with van der Waals surface area (Å²) in [7, 11) is -0.382. The molecule has 2 aromatic carbocycles. The summed E-state index contributed by atoms with van der Waals surface area (Å²) in [5.41, 5.74) is 0.928.